The van der Waals surface area contributed by atoms with Crippen LogP contribution < -0.4 is 5.73 Å². The topological polar surface area (TPSA) is 43.3 Å². The molecule has 3 aromatic rings. The van der Waals surface area contributed by atoms with E-state index in [0.29, 0.717) is 30.0 Å². The van der Waals surface area contributed by atoms with Crippen molar-refractivity contribution >= 4 is 17.2 Å². The van der Waals surface area contributed by atoms with E-state index in [1.807, 2.05) is 31.2 Å². The lowest BCUT2D eigenvalue weighted by molar-refractivity contribution is -0.137. The van der Waals surface area contributed by atoms with Crippen LogP contribution in [0.2, 0.25) is 5.02 Å². The van der Waals surface area contributed by atoms with Crippen molar-refractivity contribution in [3.63, 3.8) is 0 Å². The molecule has 2 aromatic heterocycles. The van der Waals surface area contributed by atoms with E-state index in [9.17, 15) is 13.2 Å². The number of rotatable bonds is 3. The lowest BCUT2D eigenvalue weighted by atomic mass is 10.1. The molecule has 3 nitrogen and oxygen atoms in total. The highest BCUT2D eigenvalue weighted by atomic mass is 35.5. The molecular formula is C17H15ClF3N3. The molecule has 0 aliphatic heterocycles. The molecule has 0 aliphatic rings. The van der Waals surface area contributed by atoms with Crippen LogP contribution >= 0.6 is 11.6 Å². The van der Waals surface area contributed by atoms with E-state index in [-0.39, 0.29) is 5.02 Å². The first-order valence-electron chi connectivity index (χ1n) is 7.36. The molecule has 0 unspecified atom stereocenters. The third kappa shape index (κ3) is 2.99. The molecule has 0 bridgehead atoms. The summed E-state index contributed by atoms with van der Waals surface area (Å²) in [5, 5.41) is -0.0403. The van der Waals surface area contributed by atoms with Gasteiger partial charge in [0.2, 0.25) is 0 Å². The number of hydrogen-bond donors (Lipinski definition) is 1. The monoisotopic (exact) mass is 353 g/mol. The van der Waals surface area contributed by atoms with Gasteiger partial charge >= 0.3 is 6.18 Å². The lowest BCUT2D eigenvalue weighted by Gasteiger charge is -2.10. The van der Waals surface area contributed by atoms with E-state index in [1.54, 1.807) is 0 Å². The molecule has 0 aliphatic carbocycles. The van der Waals surface area contributed by atoms with E-state index in [0.717, 1.165) is 23.4 Å². The average Bonchev–Trinajstić information content (AvgIpc) is 2.87. The predicted octanol–water partition coefficient (Wildman–Crippen LogP) is 4.48. The molecule has 24 heavy (non-hydrogen) atoms. The lowest BCUT2D eigenvalue weighted by Crippen LogP contribution is -2.10. The number of aromatic nitrogens is 2. The zero-order valence-corrected chi connectivity index (χ0v) is 13.6. The minimum absolute atomic E-state index is 0.0403. The quantitative estimate of drug-likeness (QED) is 0.754. The summed E-state index contributed by atoms with van der Waals surface area (Å²) in [6.07, 6.45) is -3.06. The van der Waals surface area contributed by atoms with E-state index < -0.39 is 11.7 Å². The third-order valence-electron chi connectivity index (χ3n) is 3.81. The maximum Gasteiger partial charge on any atom is 0.417 e. The number of alkyl halides is 3. The molecule has 0 atom stereocenters. The van der Waals surface area contributed by atoms with E-state index in [2.05, 4.69) is 4.98 Å². The minimum Gasteiger partial charge on any atom is -0.330 e. The summed E-state index contributed by atoms with van der Waals surface area (Å²) in [6.45, 7) is 2.25. The molecule has 3 rings (SSSR count). The Balaban J connectivity index is 2.28. The number of aryl methyl sites for hydroxylation is 1. The third-order valence-corrected chi connectivity index (χ3v) is 4.09. The number of pyridine rings is 1. The molecule has 0 saturated heterocycles. The smallest absolute Gasteiger partial charge is 0.330 e. The molecule has 126 valence electrons. The molecule has 0 fully saturated rings. The van der Waals surface area contributed by atoms with Gasteiger partial charge < -0.3 is 10.1 Å². The first-order valence-corrected chi connectivity index (χ1v) is 7.74. The highest BCUT2D eigenvalue weighted by molar-refractivity contribution is 6.33. The van der Waals surface area contributed by atoms with Crippen LogP contribution in [0.3, 0.4) is 0 Å². The Kier molecular flexibility index (Phi) is 4.27. The van der Waals surface area contributed by atoms with Gasteiger partial charge in [0.1, 0.15) is 0 Å². The number of halogens is 4. The van der Waals surface area contributed by atoms with Crippen LogP contribution in [0.25, 0.3) is 16.9 Å². The summed E-state index contributed by atoms with van der Waals surface area (Å²) in [5.41, 5.74) is 8.24. The van der Waals surface area contributed by atoms with Crippen LogP contribution in [0.1, 0.15) is 16.8 Å². The number of nitrogens with zero attached hydrogens (tertiary/aromatic N) is 2. The van der Waals surface area contributed by atoms with Gasteiger partial charge in [0, 0.05) is 18.2 Å². The number of fused-ring (bicyclic) bond motifs is 1. The summed E-state index contributed by atoms with van der Waals surface area (Å²) in [6, 6.07) is 8.52. The second-order valence-corrected chi connectivity index (χ2v) is 5.99. The van der Waals surface area contributed by atoms with Crippen LogP contribution in [-0.4, -0.2) is 15.9 Å². The normalized spacial score (nSPS) is 12.1. The maximum absolute atomic E-state index is 13.1. The van der Waals surface area contributed by atoms with Gasteiger partial charge in [-0.05, 0) is 19.5 Å². The molecule has 1 aromatic carbocycles. The first-order chi connectivity index (χ1) is 11.3. The zero-order chi connectivity index (χ0) is 17.5. The Hall–Kier alpha value is -2.05. The van der Waals surface area contributed by atoms with Crippen molar-refractivity contribution in [3.05, 3.63) is 58.4 Å². The summed E-state index contributed by atoms with van der Waals surface area (Å²) < 4.78 is 40.6. The van der Waals surface area contributed by atoms with Crippen molar-refractivity contribution in [1.29, 1.82) is 0 Å². The number of nitrogens with two attached hydrogens (primary N) is 1. The predicted molar refractivity (Wildman–Crippen MR) is 88.1 cm³/mol. The van der Waals surface area contributed by atoms with Crippen LogP contribution in [0.15, 0.2) is 36.5 Å². The molecule has 2 N–H and O–H groups in total. The van der Waals surface area contributed by atoms with E-state index in [4.69, 9.17) is 17.3 Å². The standard InChI is InChI=1S/C17H15ClF3N3/c1-10-2-4-11(5-3-10)15-14(6-7-22)24-9-12(17(19,20)21)8-13(18)16(24)23-15/h2-5,8-9H,6-7,22H2,1H3. The van der Waals surface area contributed by atoms with Crippen molar-refractivity contribution in [2.75, 3.05) is 6.54 Å². The number of hydrogen-bond acceptors (Lipinski definition) is 2. The molecule has 2 heterocycles. The van der Waals surface area contributed by atoms with Crippen molar-refractivity contribution < 1.29 is 13.2 Å². The molecule has 7 heteroatoms. The Morgan fingerprint density at radius 1 is 1.21 bits per heavy atom. The van der Waals surface area contributed by atoms with Crippen molar-refractivity contribution in [3.8, 4) is 11.3 Å². The van der Waals surface area contributed by atoms with Crippen molar-refractivity contribution in [2.45, 2.75) is 19.5 Å². The Morgan fingerprint density at radius 3 is 2.46 bits per heavy atom. The van der Waals surface area contributed by atoms with E-state index >= 15 is 0 Å². The Labute approximate surface area is 141 Å². The van der Waals surface area contributed by atoms with Gasteiger partial charge in [0.15, 0.2) is 5.65 Å². The second-order valence-electron chi connectivity index (χ2n) is 5.58. The fourth-order valence-electron chi connectivity index (χ4n) is 2.62. The molecule has 0 amide bonds. The number of benzene rings is 1. The summed E-state index contributed by atoms with van der Waals surface area (Å²) in [5.74, 6) is 0. The van der Waals surface area contributed by atoms with Crippen LogP contribution in [0, 0.1) is 6.92 Å². The fraction of sp³-hybridized carbons (Fsp3) is 0.235. The minimum atomic E-state index is -4.48. The molecule has 0 spiro atoms. The van der Waals surface area contributed by atoms with Gasteiger partial charge in [0.25, 0.3) is 0 Å². The zero-order valence-electron chi connectivity index (χ0n) is 12.9. The Morgan fingerprint density at radius 2 is 1.88 bits per heavy atom. The van der Waals surface area contributed by atoms with Gasteiger partial charge in [-0.25, -0.2) is 4.98 Å². The summed E-state index contributed by atoms with van der Waals surface area (Å²) in [7, 11) is 0. The van der Waals surface area contributed by atoms with Gasteiger partial charge in [-0.15, -0.1) is 0 Å². The van der Waals surface area contributed by atoms with Crippen LogP contribution in [-0.2, 0) is 12.6 Å². The van der Waals surface area contributed by atoms with Gasteiger partial charge in [0.05, 0.1) is 22.0 Å². The SMILES string of the molecule is Cc1ccc(-c2nc3c(Cl)cc(C(F)(F)F)cn3c2CCN)cc1. The van der Waals surface area contributed by atoms with Gasteiger partial charge in [-0.2, -0.15) is 13.2 Å². The first kappa shape index (κ1) is 16.8. The average molecular weight is 354 g/mol. The molecule has 0 radical (unpaired) electrons. The molecular weight excluding hydrogens is 339 g/mol. The molecule has 0 saturated carbocycles. The van der Waals surface area contributed by atoms with Crippen LogP contribution in [0.5, 0.6) is 0 Å². The van der Waals surface area contributed by atoms with Gasteiger partial charge in [-0.3, -0.25) is 0 Å². The Bertz CT molecular complexity index is 883. The van der Waals surface area contributed by atoms with Gasteiger partial charge in [-0.1, -0.05) is 41.4 Å². The summed E-state index contributed by atoms with van der Waals surface area (Å²) in [4.78, 5) is 4.46. The highest BCUT2D eigenvalue weighted by Crippen LogP contribution is 2.34. The van der Waals surface area contributed by atoms with Crippen molar-refractivity contribution in [1.82, 2.24) is 9.38 Å². The highest BCUT2D eigenvalue weighted by Gasteiger charge is 2.32. The maximum atomic E-state index is 13.1. The van der Waals surface area contributed by atoms with E-state index in [1.165, 1.54) is 4.40 Å². The largest absolute Gasteiger partial charge is 0.417 e. The number of imidazole rings is 1. The fourth-order valence-corrected chi connectivity index (χ4v) is 2.88. The van der Waals surface area contributed by atoms with Crippen LogP contribution in [0.4, 0.5) is 13.2 Å². The second kappa shape index (κ2) is 6.11. The summed E-state index contributed by atoms with van der Waals surface area (Å²) >= 11 is 6.05. The van der Waals surface area contributed by atoms with Crippen molar-refractivity contribution in [2.24, 2.45) is 5.73 Å².